The van der Waals surface area contributed by atoms with E-state index in [1.165, 1.54) is 39.0 Å². The Bertz CT molecular complexity index is 613. The Morgan fingerprint density at radius 1 is 0.581 bits per heavy atom. The van der Waals surface area contributed by atoms with Gasteiger partial charge in [-0.1, -0.05) is 0 Å². The number of aliphatic hydroxyl groups excluding tert-OH is 3. The maximum absolute atomic E-state index is 10.4. The van der Waals surface area contributed by atoms with Crippen LogP contribution in [0.4, 0.5) is 0 Å². The van der Waals surface area contributed by atoms with Crippen LogP contribution in [0, 0.1) is 0 Å². The van der Waals surface area contributed by atoms with E-state index >= 15 is 0 Å². The summed E-state index contributed by atoms with van der Waals surface area (Å²) in [6.45, 7) is 4.22. The fourth-order valence-electron chi connectivity index (χ4n) is 2.01. The first kappa shape index (κ1) is 28.5. The molecule has 0 atom stereocenters. The number of allylic oxidation sites excluding steroid dienone is 3. The van der Waals surface area contributed by atoms with Crippen LogP contribution in [0.1, 0.15) is 59.3 Å². The van der Waals surface area contributed by atoms with Crippen molar-refractivity contribution in [3.8, 4) is 0 Å². The molecule has 0 radical (unpaired) electrons. The zero-order valence-electron chi connectivity index (χ0n) is 18.1. The second kappa shape index (κ2) is 14.5. The third-order valence-electron chi connectivity index (χ3n) is 3.81. The van der Waals surface area contributed by atoms with Gasteiger partial charge in [0.15, 0.2) is 35.0 Å². The van der Waals surface area contributed by atoms with Gasteiger partial charge in [-0.15, -0.1) is 0 Å². The van der Waals surface area contributed by atoms with E-state index in [1.54, 1.807) is 0 Å². The summed E-state index contributed by atoms with van der Waals surface area (Å²) in [5, 5.41) is 35.2. The molecule has 3 saturated carbocycles. The summed E-state index contributed by atoms with van der Waals surface area (Å²) in [6, 6.07) is 1.20. The molecule has 3 aliphatic carbocycles. The number of carbonyl (C=O) groups is 3. The van der Waals surface area contributed by atoms with Crippen molar-refractivity contribution in [2.75, 3.05) is 0 Å². The Balaban J connectivity index is 0.000000429. The zero-order valence-corrected chi connectivity index (χ0v) is 19.2. The number of rotatable bonds is 9. The largest absolute Gasteiger partial charge is 0.495 e. The Hall–Kier alpha value is -2.45. The van der Waals surface area contributed by atoms with Gasteiger partial charge in [-0.25, -0.2) is 0 Å². The molecule has 0 aromatic rings. The third-order valence-corrected chi connectivity index (χ3v) is 3.81. The molecule has 0 aliphatic heterocycles. The van der Waals surface area contributed by atoms with Gasteiger partial charge in [0.05, 0.1) is 0 Å². The van der Waals surface area contributed by atoms with Gasteiger partial charge in [0, 0.05) is 53.4 Å². The fraction of sp³-hybridized carbons (Fsp3) is 0.571. The molecular weight excluding hydrogens is 446 g/mol. The van der Waals surface area contributed by atoms with E-state index in [0.717, 1.165) is 38.5 Å². The Morgan fingerprint density at radius 3 is 0.903 bits per heavy atom. The molecule has 3 fully saturated rings. The number of aliphatic hydroxyl groups is 3. The van der Waals surface area contributed by atoms with E-state index in [2.05, 4.69) is 16.0 Å². The number of carbonyl (C=O) groups excluding carboxylic acids is 3. The third kappa shape index (κ3) is 19.3. The van der Waals surface area contributed by atoms with Gasteiger partial charge < -0.3 is 31.3 Å². The van der Waals surface area contributed by atoms with Gasteiger partial charge in [-0.2, -0.15) is 0 Å². The van der Waals surface area contributed by atoms with E-state index in [0.29, 0.717) is 18.1 Å². The Kier molecular flexibility index (Phi) is 13.4. The van der Waals surface area contributed by atoms with Crippen LogP contribution in [0.25, 0.3) is 0 Å². The van der Waals surface area contributed by atoms with Crippen molar-refractivity contribution < 1.29 is 46.8 Å². The van der Waals surface area contributed by atoms with Crippen molar-refractivity contribution in [1.29, 1.82) is 0 Å². The summed E-state index contributed by atoms with van der Waals surface area (Å²) in [7, 11) is 0. The minimum Gasteiger partial charge on any atom is -0.495 e. The summed E-state index contributed by atoms with van der Waals surface area (Å²) < 4.78 is 0. The molecule has 0 unspecified atom stereocenters. The molecule has 10 heteroatoms. The molecule has 31 heavy (non-hydrogen) atoms. The molecule has 9 nitrogen and oxygen atoms in total. The van der Waals surface area contributed by atoms with Crippen LogP contribution >= 0.6 is 0 Å². The van der Waals surface area contributed by atoms with Crippen molar-refractivity contribution in [2.45, 2.75) is 77.4 Å². The van der Waals surface area contributed by atoms with Crippen molar-refractivity contribution in [3.05, 3.63) is 35.9 Å². The first-order chi connectivity index (χ1) is 14.0. The van der Waals surface area contributed by atoms with Crippen molar-refractivity contribution in [1.82, 2.24) is 16.0 Å². The fourth-order valence-corrected chi connectivity index (χ4v) is 2.01. The summed E-state index contributed by atoms with van der Waals surface area (Å²) >= 11 is 0. The first-order valence-electron chi connectivity index (χ1n) is 10.1. The quantitative estimate of drug-likeness (QED) is 0.166. The number of hydrogen-bond acceptors (Lipinski definition) is 9. The van der Waals surface area contributed by atoms with Crippen molar-refractivity contribution in [2.24, 2.45) is 0 Å². The molecule has 3 aliphatic rings. The van der Waals surface area contributed by atoms with Crippen LogP contribution in [0.2, 0.25) is 0 Å². The summed E-state index contributed by atoms with van der Waals surface area (Å²) in [6.07, 6.45) is 10.1. The molecule has 0 bridgehead atoms. The molecular formula is C21H33FeN3O6. The summed E-state index contributed by atoms with van der Waals surface area (Å²) in [4.78, 5) is 31.1. The predicted molar refractivity (Wildman–Crippen MR) is 113 cm³/mol. The predicted octanol–water partition coefficient (Wildman–Crippen LogP) is 2.18. The van der Waals surface area contributed by atoms with Crippen LogP contribution in [0.3, 0.4) is 0 Å². The molecule has 0 saturated heterocycles. The summed E-state index contributed by atoms with van der Waals surface area (Å²) in [5.74, 6) is -0.415. The molecule has 0 spiro atoms. The van der Waals surface area contributed by atoms with Gasteiger partial charge in [-0.3, -0.25) is 14.4 Å². The maximum atomic E-state index is 10.4. The Morgan fingerprint density at radius 2 is 0.774 bits per heavy atom. The van der Waals surface area contributed by atoms with Crippen LogP contribution in [0.5, 0.6) is 0 Å². The normalized spacial score (nSPS) is 18.1. The topological polar surface area (TPSA) is 148 Å². The minimum atomic E-state index is -0.134. The van der Waals surface area contributed by atoms with E-state index < -0.39 is 0 Å². The van der Waals surface area contributed by atoms with E-state index in [-0.39, 0.29) is 52.1 Å². The molecule has 0 aromatic carbocycles. The van der Waals surface area contributed by atoms with Crippen LogP contribution < -0.4 is 16.0 Å². The van der Waals surface area contributed by atoms with Gasteiger partial charge in [0.1, 0.15) is 0 Å². The second-order valence-corrected chi connectivity index (χ2v) is 7.68. The molecule has 3 rings (SSSR count). The van der Waals surface area contributed by atoms with Gasteiger partial charge in [0.25, 0.3) is 0 Å². The minimum absolute atomic E-state index is 0. The monoisotopic (exact) mass is 479 g/mol. The molecule has 176 valence electrons. The van der Waals surface area contributed by atoms with E-state index in [4.69, 9.17) is 15.3 Å². The number of nitrogens with one attached hydrogen (secondary N) is 3. The molecule has 0 heterocycles. The van der Waals surface area contributed by atoms with E-state index in [9.17, 15) is 14.4 Å². The second-order valence-electron chi connectivity index (χ2n) is 7.68. The van der Waals surface area contributed by atoms with E-state index in [1.807, 2.05) is 0 Å². The number of hydrogen-bond donors (Lipinski definition) is 6. The number of ketones is 3. The zero-order chi connectivity index (χ0) is 22.7. The van der Waals surface area contributed by atoms with Crippen molar-refractivity contribution in [3.63, 3.8) is 0 Å². The van der Waals surface area contributed by atoms with Crippen LogP contribution in [-0.4, -0.2) is 50.8 Å². The molecule has 0 amide bonds. The standard InChI is InChI=1S/3C7H11NO2.Fe/c3*1-5(9)4-7(10)8-6-2-3-6;/h3*4,6,8,10H,2-3H2,1H3;. The van der Waals surface area contributed by atoms with Crippen LogP contribution in [-0.2, 0) is 31.5 Å². The van der Waals surface area contributed by atoms with Gasteiger partial charge >= 0.3 is 0 Å². The average Bonchev–Trinajstić information content (AvgIpc) is 3.38. The van der Waals surface area contributed by atoms with Gasteiger partial charge in [-0.05, 0) is 59.3 Å². The Labute approximate surface area is 193 Å². The first-order valence-corrected chi connectivity index (χ1v) is 10.1. The molecule has 6 N–H and O–H groups in total. The van der Waals surface area contributed by atoms with Crippen molar-refractivity contribution >= 4 is 17.3 Å². The molecule has 0 aromatic heterocycles. The van der Waals surface area contributed by atoms with Crippen LogP contribution in [0.15, 0.2) is 35.9 Å². The SMILES string of the molecule is CC(=O)C=C(O)NC1CC1.CC(=O)C=C(O)NC1CC1.CC(=O)C=C(O)NC1CC1.[Fe]. The smallest absolute Gasteiger partial charge is 0.187 e. The average molecular weight is 479 g/mol. The van der Waals surface area contributed by atoms with Gasteiger partial charge in [0.2, 0.25) is 0 Å². The summed E-state index contributed by atoms with van der Waals surface area (Å²) in [5.41, 5.74) is 0. The maximum Gasteiger partial charge on any atom is 0.187 e.